The minimum Gasteiger partial charge on any atom is -0.354 e. The average molecular weight is 272 g/mol. The van der Waals surface area contributed by atoms with E-state index in [0.29, 0.717) is 25.4 Å². The summed E-state index contributed by atoms with van der Waals surface area (Å²) in [6, 6.07) is 5.82. The van der Waals surface area contributed by atoms with Gasteiger partial charge in [-0.2, -0.15) is 5.10 Å². The summed E-state index contributed by atoms with van der Waals surface area (Å²) in [6.07, 6.45) is 5.99. The number of pyridine rings is 1. The molecule has 0 saturated heterocycles. The molecular weight excluding hydrogens is 252 g/mol. The van der Waals surface area contributed by atoms with Crippen LogP contribution in [0.4, 0.5) is 0 Å². The third kappa shape index (κ3) is 4.19. The Morgan fingerprint density at radius 3 is 2.75 bits per heavy atom. The number of amides is 1. The Balaban J connectivity index is 1.83. The molecule has 0 aliphatic rings. The van der Waals surface area contributed by atoms with Gasteiger partial charge < -0.3 is 5.32 Å². The highest BCUT2D eigenvalue weighted by atomic mass is 16.1. The molecule has 0 unspecified atom stereocenters. The zero-order valence-electron chi connectivity index (χ0n) is 11.9. The number of rotatable bonds is 6. The SMILES string of the molecule is CC(C)CC(=O)NCCn1ccc(-c2ccncc2)n1. The highest BCUT2D eigenvalue weighted by Gasteiger charge is 2.05. The Hall–Kier alpha value is -2.17. The van der Waals surface area contributed by atoms with Crippen molar-refractivity contribution in [2.45, 2.75) is 26.8 Å². The molecule has 20 heavy (non-hydrogen) atoms. The third-order valence-corrected chi connectivity index (χ3v) is 2.87. The standard InChI is InChI=1S/C15H20N4O/c1-12(2)11-15(20)17-8-10-19-9-5-14(18-19)13-3-6-16-7-4-13/h3-7,9,12H,8,10-11H2,1-2H3,(H,17,20). The molecular formula is C15H20N4O. The van der Waals surface area contributed by atoms with E-state index in [2.05, 4.69) is 15.4 Å². The van der Waals surface area contributed by atoms with Crippen LogP contribution in [0, 0.1) is 5.92 Å². The molecule has 0 atom stereocenters. The number of hydrogen-bond acceptors (Lipinski definition) is 3. The number of hydrogen-bond donors (Lipinski definition) is 1. The Bertz CT molecular complexity index is 548. The quantitative estimate of drug-likeness (QED) is 0.876. The van der Waals surface area contributed by atoms with Crippen LogP contribution in [-0.4, -0.2) is 27.2 Å². The second-order valence-electron chi connectivity index (χ2n) is 5.15. The van der Waals surface area contributed by atoms with Crippen LogP contribution in [0.15, 0.2) is 36.8 Å². The number of nitrogens with one attached hydrogen (secondary N) is 1. The highest BCUT2D eigenvalue weighted by Crippen LogP contribution is 2.14. The lowest BCUT2D eigenvalue weighted by molar-refractivity contribution is -0.121. The van der Waals surface area contributed by atoms with Crippen LogP contribution >= 0.6 is 0 Å². The van der Waals surface area contributed by atoms with Crippen molar-refractivity contribution in [2.24, 2.45) is 5.92 Å². The number of carbonyl (C=O) groups is 1. The fraction of sp³-hybridized carbons (Fsp3) is 0.400. The minimum atomic E-state index is 0.0986. The molecule has 0 aliphatic carbocycles. The molecule has 0 fully saturated rings. The van der Waals surface area contributed by atoms with E-state index in [4.69, 9.17) is 0 Å². The van der Waals surface area contributed by atoms with E-state index in [0.717, 1.165) is 11.3 Å². The normalized spacial score (nSPS) is 10.8. The van der Waals surface area contributed by atoms with E-state index in [1.165, 1.54) is 0 Å². The predicted octanol–water partition coefficient (Wildman–Crippen LogP) is 2.11. The second-order valence-corrected chi connectivity index (χ2v) is 5.15. The van der Waals surface area contributed by atoms with Gasteiger partial charge in [0.2, 0.25) is 5.91 Å². The lowest BCUT2D eigenvalue weighted by Gasteiger charge is -2.07. The van der Waals surface area contributed by atoms with Gasteiger partial charge in [-0.25, -0.2) is 0 Å². The Morgan fingerprint density at radius 1 is 1.30 bits per heavy atom. The van der Waals surface area contributed by atoms with Crippen LogP contribution < -0.4 is 5.32 Å². The molecule has 1 N–H and O–H groups in total. The molecule has 5 heteroatoms. The van der Waals surface area contributed by atoms with Crippen molar-refractivity contribution >= 4 is 5.91 Å². The Kier molecular flexibility index (Phi) is 4.87. The topological polar surface area (TPSA) is 59.8 Å². The van der Waals surface area contributed by atoms with Gasteiger partial charge in [0.25, 0.3) is 0 Å². The van der Waals surface area contributed by atoms with Gasteiger partial charge in [-0.15, -0.1) is 0 Å². The maximum atomic E-state index is 11.5. The molecule has 0 aliphatic heterocycles. The lowest BCUT2D eigenvalue weighted by Crippen LogP contribution is -2.28. The van der Waals surface area contributed by atoms with Crippen LogP contribution in [-0.2, 0) is 11.3 Å². The molecule has 0 radical (unpaired) electrons. The van der Waals surface area contributed by atoms with Crippen molar-refractivity contribution in [2.75, 3.05) is 6.54 Å². The first-order valence-corrected chi connectivity index (χ1v) is 6.85. The molecule has 2 aromatic heterocycles. The van der Waals surface area contributed by atoms with Gasteiger partial charge in [0.1, 0.15) is 0 Å². The Labute approximate surface area is 119 Å². The van der Waals surface area contributed by atoms with E-state index in [1.54, 1.807) is 12.4 Å². The van der Waals surface area contributed by atoms with Gasteiger partial charge in [-0.1, -0.05) is 13.8 Å². The molecule has 2 aromatic rings. The van der Waals surface area contributed by atoms with Crippen molar-refractivity contribution < 1.29 is 4.79 Å². The van der Waals surface area contributed by atoms with Crippen molar-refractivity contribution in [1.82, 2.24) is 20.1 Å². The molecule has 0 spiro atoms. The summed E-state index contributed by atoms with van der Waals surface area (Å²) in [5.41, 5.74) is 1.96. The van der Waals surface area contributed by atoms with Crippen LogP contribution in [0.1, 0.15) is 20.3 Å². The smallest absolute Gasteiger partial charge is 0.220 e. The first-order valence-electron chi connectivity index (χ1n) is 6.85. The number of carbonyl (C=O) groups excluding carboxylic acids is 1. The first-order chi connectivity index (χ1) is 9.65. The second kappa shape index (κ2) is 6.84. The molecule has 106 valence electrons. The lowest BCUT2D eigenvalue weighted by atomic mass is 10.1. The summed E-state index contributed by atoms with van der Waals surface area (Å²) < 4.78 is 1.84. The fourth-order valence-corrected chi connectivity index (χ4v) is 1.92. The highest BCUT2D eigenvalue weighted by molar-refractivity contribution is 5.75. The van der Waals surface area contributed by atoms with Gasteiger partial charge in [0, 0.05) is 37.1 Å². The van der Waals surface area contributed by atoms with Crippen LogP contribution in [0.3, 0.4) is 0 Å². The summed E-state index contributed by atoms with van der Waals surface area (Å²) in [4.78, 5) is 15.5. The molecule has 0 saturated carbocycles. The van der Waals surface area contributed by atoms with Crippen molar-refractivity contribution in [3.8, 4) is 11.3 Å². The summed E-state index contributed by atoms with van der Waals surface area (Å²) in [7, 11) is 0. The van der Waals surface area contributed by atoms with E-state index < -0.39 is 0 Å². The van der Waals surface area contributed by atoms with Crippen molar-refractivity contribution in [3.05, 3.63) is 36.8 Å². The maximum absolute atomic E-state index is 11.5. The fourth-order valence-electron chi connectivity index (χ4n) is 1.92. The van der Waals surface area contributed by atoms with E-state index in [1.807, 2.05) is 42.9 Å². The van der Waals surface area contributed by atoms with Gasteiger partial charge in [0.05, 0.1) is 12.2 Å². The Morgan fingerprint density at radius 2 is 2.05 bits per heavy atom. The summed E-state index contributed by atoms with van der Waals surface area (Å²) in [6.45, 7) is 5.35. The van der Waals surface area contributed by atoms with Gasteiger partial charge >= 0.3 is 0 Å². The summed E-state index contributed by atoms with van der Waals surface area (Å²) >= 11 is 0. The molecule has 2 rings (SSSR count). The monoisotopic (exact) mass is 272 g/mol. The first kappa shape index (κ1) is 14.2. The van der Waals surface area contributed by atoms with Crippen molar-refractivity contribution in [1.29, 1.82) is 0 Å². The molecule has 2 heterocycles. The number of nitrogens with zero attached hydrogens (tertiary/aromatic N) is 3. The maximum Gasteiger partial charge on any atom is 0.220 e. The van der Waals surface area contributed by atoms with Crippen LogP contribution in [0.5, 0.6) is 0 Å². The van der Waals surface area contributed by atoms with E-state index >= 15 is 0 Å². The molecule has 5 nitrogen and oxygen atoms in total. The summed E-state index contributed by atoms with van der Waals surface area (Å²) in [5.74, 6) is 0.486. The zero-order chi connectivity index (χ0) is 14.4. The van der Waals surface area contributed by atoms with Crippen LogP contribution in [0.2, 0.25) is 0 Å². The predicted molar refractivity (Wildman–Crippen MR) is 77.9 cm³/mol. The van der Waals surface area contributed by atoms with Gasteiger partial charge in [0.15, 0.2) is 0 Å². The van der Waals surface area contributed by atoms with Crippen molar-refractivity contribution in [3.63, 3.8) is 0 Å². The van der Waals surface area contributed by atoms with Gasteiger partial charge in [-0.3, -0.25) is 14.5 Å². The third-order valence-electron chi connectivity index (χ3n) is 2.87. The number of aromatic nitrogens is 3. The molecule has 0 bridgehead atoms. The molecule has 0 aromatic carbocycles. The average Bonchev–Trinajstić information content (AvgIpc) is 2.88. The van der Waals surface area contributed by atoms with Crippen LogP contribution in [0.25, 0.3) is 11.3 Å². The zero-order valence-corrected chi connectivity index (χ0v) is 11.9. The van der Waals surface area contributed by atoms with Gasteiger partial charge in [-0.05, 0) is 24.1 Å². The largest absolute Gasteiger partial charge is 0.354 e. The summed E-state index contributed by atoms with van der Waals surface area (Å²) in [5, 5.41) is 7.38. The van der Waals surface area contributed by atoms with E-state index in [9.17, 15) is 4.79 Å². The minimum absolute atomic E-state index is 0.0986. The van der Waals surface area contributed by atoms with E-state index in [-0.39, 0.29) is 5.91 Å². The molecule has 1 amide bonds.